The van der Waals surface area contributed by atoms with Gasteiger partial charge >= 0.3 is 0 Å². The van der Waals surface area contributed by atoms with Gasteiger partial charge in [-0.15, -0.1) is 0 Å². The largest absolute Gasteiger partial charge is 0.323 e. The first kappa shape index (κ1) is 9.31. The van der Waals surface area contributed by atoms with Crippen LogP contribution in [0.15, 0.2) is 12.1 Å². The van der Waals surface area contributed by atoms with Crippen LogP contribution in [-0.2, 0) is 5.75 Å². The van der Waals surface area contributed by atoms with Crippen LogP contribution in [0.25, 0.3) is 0 Å². The number of halogens is 2. The highest BCUT2D eigenvalue weighted by molar-refractivity contribution is 7.98. The summed E-state index contributed by atoms with van der Waals surface area (Å²) in [7, 11) is 0. The first-order valence-corrected chi connectivity index (χ1v) is 5.53. The number of hydrogen-bond acceptors (Lipinski definition) is 2. The Balaban J connectivity index is 2.52. The molecule has 1 aliphatic heterocycles. The van der Waals surface area contributed by atoms with Crippen LogP contribution in [0, 0.1) is 5.82 Å². The molecule has 0 aliphatic carbocycles. The fraction of sp³-hybridized carbons (Fsp3) is 0.333. The lowest BCUT2D eigenvalue weighted by Crippen LogP contribution is -2.19. The van der Waals surface area contributed by atoms with Crippen molar-refractivity contribution in [1.82, 2.24) is 0 Å². The Hall–Kier alpha value is -0.250. The Morgan fingerprint density at radius 2 is 2.31 bits per heavy atom. The van der Waals surface area contributed by atoms with Gasteiger partial charge in [0.15, 0.2) is 0 Å². The maximum atomic E-state index is 13.1. The van der Waals surface area contributed by atoms with Gasteiger partial charge < -0.3 is 5.73 Å². The van der Waals surface area contributed by atoms with E-state index >= 15 is 0 Å². The molecule has 4 heteroatoms. The molecule has 0 saturated carbocycles. The number of benzene rings is 1. The molecule has 1 aliphatic rings. The summed E-state index contributed by atoms with van der Waals surface area (Å²) in [4.78, 5) is 0. The molecule has 1 aromatic carbocycles. The summed E-state index contributed by atoms with van der Waals surface area (Å²) in [6.07, 6.45) is 0. The Kier molecular flexibility index (Phi) is 2.49. The first-order chi connectivity index (χ1) is 6.18. The van der Waals surface area contributed by atoms with Gasteiger partial charge in [0.25, 0.3) is 0 Å². The molecular weight excluding hydrogens is 209 g/mol. The van der Waals surface area contributed by atoms with E-state index in [-0.39, 0.29) is 16.9 Å². The summed E-state index contributed by atoms with van der Waals surface area (Å²) in [5.41, 5.74) is 7.83. The van der Waals surface area contributed by atoms with Crippen molar-refractivity contribution < 1.29 is 4.39 Å². The minimum atomic E-state index is -0.352. The molecule has 70 valence electrons. The molecule has 0 saturated heterocycles. The molecular formula is C9H9ClFNS. The van der Waals surface area contributed by atoms with E-state index in [2.05, 4.69) is 0 Å². The van der Waals surface area contributed by atoms with Gasteiger partial charge in [-0.25, -0.2) is 4.39 Å². The molecule has 0 unspecified atom stereocenters. The molecule has 2 rings (SSSR count). The molecule has 0 spiro atoms. The van der Waals surface area contributed by atoms with Gasteiger partial charge in [0.2, 0.25) is 0 Å². The third kappa shape index (κ3) is 1.68. The van der Waals surface area contributed by atoms with Crippen molar-refractivity contribution in [3.05, 3.63) is 34.1 Å². The van der Waals surface area contributed by atoms with Crippen molar-refractivity contribution in [3.63, 3.8) is 0 Å². The molecule has 0 fully saturated rings. The second-order valence-corrected chi connectivity index (χ2v) is 4.52. The second-order valence-electron chi connectivity index (χ2n) is 3.09. The zero-order chi connectivity index (χ0) is 9.42. The lowest BCUT2D eigenvalue weighted by atomic mass is 10.0. The standard InChI is InChI=1S/C9H9ClFNS/c10-7-2-6-5(1-8(7)11)3-13-4-9(6)12/h1-2,9H,3-4,12H2/t9-/m1/s1. The van der Waals surface area contributed by atoms with E-state index in [1.165, 1.54) is 6.07 Å². The average Bonchev–Trinajstić information content (AvgIpc) is 2.09. The van der Waals surface area contributed by atoms with E-state index in [0.29, 0.717) is 0 Å². The predicted molar refractivity (Wildman–Crippen MR) is 54.5 cm³/mol. The maximum absolute atomic E-state index is 13.1. The SMILES string of the molecule is N[C@@H]1CSCc2cc(F)c(Cl)cc21. The number of fused-ring (bicyclic) bond motifs is 1. The van der Waals surface area contributed by atoms with Gasteiger partial charge in [-0.2, -0.15) is 11.8 Å². The number of thioether (sulfide) groups is 1. The molecule has 0 bridgehead atoms. The number of rotatable bonds is 0. The van der Waals surface area contributed by atoms with Crippen molar-refractivity contribution in [1.29, 1.82) is 0 Å². The van der Waals surface area contributed by atoms with Gasteiger partial charge in [-0.1, -0.05) is 11.6 Å². The average molecular weight is 218 g/mol. The normalized spacial score (nSPS) is 21.3. The third-order valence-corrected chi connectivity index (χ3v) is 3.54. The lowest BCUT2D eigenvalue weighted by Gasteiger charge is -2.21. The minimum Gasteiger partial charge on any atom is -0.323 e. The number of nitrogens with two attached hydrogens (primary N) is 1. The van der Waals surface area contributed by atoms with Crippen LogP contribution in [-0.4, -0.2) is 5.75 Å². The second kappa shape index (κ2) is 3.48. The monoisotopic (exact) mass is 217 g/mol. The van der Waals surface area contributed by atoms with E-state index in [0.717, 1.165) is 22.6 Å². The Labute approximate surface area is 85.5 Å². The maximum Gasteiger partial charge on any atom is 0.142 e. The van der Waals surface area contributed by atoms with Crippen LogP contribution >= 0.6 is 23.4 Å². The highest BCUT2D eigenvalue weighted by atomic mass is 35.5. The van der Waals surface area contributed by atoms with Gasteiger partial charge in [0.1, 0.15) is 5.82 Å². The van der Waals surface area contributed by atoms with Crippen molar-refractivity contribution in [2.75, 3.05) is 5.75 Å². The van der Waals surface area contributed by atoms with Crippen LogP contribution < -0.4 is 5.73 Å². The van der Waals surface area contributed by atoms with Crippen LogP contribution in [0.2, 0.25) is 5.02 Å². The first-order valence-electron chi connectivity index (χ1n) is 3.99. The van der Waals surface area contributed by atoms with Gasteiger partial charge in [0.05, 0.1) is 5.02 Å². The minimum absolute atomic E-state index is 0.00755. The summed E-state index contributed by atoms with van der Waals surface area (Å²) >= 11 is 7.40. The van der Waals surface area contributed by atoms with Crippen molar-refractivity contribution in [3.8, 4) is 0 Å². The quantitative estimate of drug-likeness (QED) is 0.723. The van der Waals surface area contributed by atoms with E-state index in [4.69, 9.17) is 17.3 Å². The number of hydrogen-bond donors (Lipinski definition) is 1. The predicted octanol–water partition coefficient (Wildman–Crippen LogP) is 2.73. The summed E-state index contributed by atoms with van der Waals surface area (Å²) in [6, 6.07) is 3.13. The summed E-state index contributed by atoms with van der Waals surface area (Å²) in [5, 5.41) is 0.168. The zero-order valence-electron chi connectivity index (χ0n) is 6.89. The molecule has 0 amide bonds. The molecule has 1 aromatic rings. The van der Waals surface area contributed by atoms with Crippen LogP contribution in [0.5, 0.6) is 0 Å². The van der Waals surface area contributed by atoms with E-state index in [1.807, 2.05) is 0 Å². The highest BCUT2D eigenvalue weighted by Crippen LogP contribution is 2.33. The fourth-order valence-corrected chi connectivity index (χ4v) is 2.65. The molecule has 2 N–H and O–H groups in total. The highest BCUT2D eigenvalue weighted by Gasteiger charge is 2.18. The molecule has 1 atom stereocenters. The topological polar surface area (TPSA) is 26.0 Å². The van der Waals surface area contributed by atoms with E-state index in [9.17, 15) is 4.39 Å². The van der Waals surface area contributed by atoms with Crippen molar-refractivity contribution in [2.24, 2.45) is 5.73 Å². The fourth-order valence-electron chi connectivity index (χ4n) is 1.46. The van der Waals surface area contributed by atoms with Crippen molar-refractivity contribution in [2.45, 2.75) is 11.8 Å². The van der Waals surface area contributed by atoms with Gasteiger partial charge in [0, 0.05) is 17.5 Å². The van der Waals surface area contributed by atoms with Crippen molar-refractivity contribution >= 4 is 23.4 Å². The van der Waals surface area contributed by atoms with E-state index < -0.39 is 0 Å². The van der Waals surface area contributed by atoms with E-state index in [1.54, 1.807) is 17.8 Å². The molecule has 1 heterocycles. The Morgan fingerprint density at radius 1 is 1.54 bits per heavy atom. The Morgan fingerprint density at radius 3 is 3.08 bits per heavy atom. The molecule has 13 heavy (non-hydrogen) atoms. The van der Waals surface area contributed by atoms with Crippen LogP contribution in [0.1, 0.15) is 17.2 Å². The lowest BCUT2D eigenvalue weighted by molar-refractivity contribution is 0.624. The molecule has 0 radical (unpaired) electrons. The summed E-state index contributed by atoms with van der Waals surface area (Å²) in [5.74, 6) is 1.36. The third-order valence-electron chi connectivity index (χ3n) is 2.14. The summed E-state index contributed by atoms with van der Waals surface area (Å²) < 4.78 is 13.1. The van der Waals surface area contributed by atoms with Gasteiger partial charge in [-0.05, 0) is 23.3 Å². The smallest absolute Gasteiger partial charge is 0.142 e. The van der Waals surface area contributed by atoms with Crippen LogP contribution in [0.3, 0.4) is 0 Å². The molecule has 0 aromatic heterocycles. The van der Waals surface area contributed by atoms with Crippen LogP contribution in [0.4, 0.5) is 4.39 Å². The zero-order valence-corrected chi connectivity index (χ0v) is 8.46. The molecule has 1 nitrogen and oxygen atoms in total. The van der Waals surface area contributed by atoms with Gasteiger partial charge in [-0.3, -0.25) is 0 Å². The summed E-state index contributed by atoms with van der Waals surface area (Å²) in [6.45, 7) is 0. The Bertz CT molecular complexity index is 343.